The molecule has 37 heavy (non-hydrogen) atoms. The van der Waals surface area contributed by atoms with Crippen LogP contribution in [0.3, 0.4) is 0 Å². The van der Waals surface area contributed by atoms with Gasteiger partial charge >= 0.3 is 0 Å². The number of nitrogens with zero attached hydrogens (tertiary/aromatic N) is 1. The predicted octanol–water partition coefficient (Wildman–Crippen LogP) is 10.5. The fourth-order valence-corrected chi connectivity index (χ4v) is 8.31. The Bertz CT molecular complexity index is 881. The summed E-state index contributed by atoms with van der Waals surface area (Å²) in [5.74, 6) is 5.93. The first-order valence-corrected chi connectivity index (χ1v) is 16.0. The van der Waals surface area contributed by atoms with Gasteiger partial charge in [0, 0.05) is 0 Å². The smallest absolute Gasteiger partial charge is 0.0669 e. The molecule has 204 valence electrons. The van der Waals surface area contributed by atoms with E-state index in [9.17, 15) is 0 Å². The Morgan fingerprint density at radius 3 is 1.51 bits per heavy atom. The van der Waals surface area contributed by atoms with E-state index in [1.54, 1.807) is 6.42 Å². The van der Waals surface area contributed by atoms with Crippen LogP contribution in [0.25, 0.3) is 0 Å². The van der Waals surface area contributed by atoms with Crippen molar-refractivity contribution in [2.75, 3.05) is 0 Å². The molecule has 0 saturated heterocycles. The topological polar surface area (TPSA) is 23.8 Å². The molecule has 0 heterocycles. The van der Waals surface area contributed by atoms with Gasteiger partial charge in [0.05, 0.1) is 12.5 Å². The molecule has 0 aliphatic heterocycles. The van der Waals surface area contributed by atoms with E-state index in [1.165, 1.54) is 124 Å². The highest BCUT2D eigenvalue weighted by molar-refractivity contribution is 5.39. The fraction of sp³-hybridized carbons (Fsp3) is 0.750. The maximum atomic E-state index is 9.11. The molecule has 1 nitrogen and oxygen atoms in total. The zero-order valence-electron chi connectivity index (χ0n) is 24.7. The SMILES string of the molecule is CC(C)=CCC1CCC(CC2CCC(CC3CCC(Cc4cc(C)c(CC#N)c(C)c4)CC3)CC2)CC1. The van der Waals surface area contributed by atoms with E-state index in [-0.39, 0.29) is 0 Å². The summed E-state index contributed by atoms with van der Waals surface area (Å²) in [6.45, 7) is 8.86. The molecule has 4 rings (SSSR count). The summed E-state index contributed by atoms with van der Waals surface area (Å²) in [4.78, 5) is 0. The Morgan fingerprint density at radius 2 is 1.11 bits per heavy atom. The summed E-state index contributed by atoms with van der Waals surface area (Å²) in [7, 11) is 0. The second-order valence-electron chi connectivity index (χ2n) is 13.9. The molecule has 3 aliphatic rings. The summed E-state index contributed by atoms with van der Waals surface area (Å²) in [6, 6.07) is 7.05. The number of benzene rings is 1. The van der Waals surface area contributed by atoms with Gasteiger partial charge in [-0.05, 0) is 137 Å². The van der Waals surface area contributed by atoms with Crippen LogP contribution in [-0.2, 0) is 12.8 Å². The predicted molar refractivity (Wildman–Crippen MR) is 159 cm³/mol. The van der Waals surface area contributed by atoms with Crippen LogP contribution in [0.15, 0.2) is 23.8 Å². The van der Waals surface area contributed by atoms with Gasteiger partial charge in [-0.15, -0.1) is 0 Å². The molecular weight excluding hydrogens is 446 g/mol. The van der Waals surface area contributed by atoms with Gasteiger partial charge in [-0.2, -0.15) is 5.26 Å². The van der Waals surface area contributed by atoms with Crippen molar-refractivity contribution in [3.8, 4) is 6.07 Å². The van der Waals surface area contributed by atoms with Crippen LogP contribution in [0.2, 0.25) is 0 Å². The van der Waals surface area contributed by atoms with Crippen LogP contribution in [-0.4, -0.2) is 0 Å². The standard InChI is InChI=1S/C36H55N/c1-26(2)5-6-29-7-9-30(10-8-29)23-31-11-13-32(14-12-31)24-33-15-17-34(18-16-33)25-35-21-27(3)36(19-20-37)28(4)22-35/h5,21-22,29-34H,6-19,23-25H2,1-4H3. The van der Waals surface area contributed by atoms with Crippen LogP contribution in [0, 0.1) is 60.7 Å². The van der Waals surface area contributed by atoms with E-state index in [2.05, 4.69) is 52.0 Å². The Morgan fingerprint density at radius 1 is 0.703 bits per heavy atom. The van der Waals surface area contributed by atoms with E-state index < -0.39 is 0 Å². The van der Waals surface area contributed by atoms with Gasteiger partial charge in [0.15, 0.2) is 0 Å². The number of hydrogen-bond donors (Lipinski definition) is 0. The summed E-state index contributed by atoms with van der Waals surface area (Å²) >= 11 is 0. The summed E-state index contributed by atoms with van der Waals surface area (Å²) in [5.41, 5.74) is 6.87. The lowest BCUT2D eigenvalue weighted by Gasteiger charge is -2.36. The van der Waals surface area contributed by atoms with Crippen LogP contribution in [0.1, 0.15) is 132 Å². The van der Waals surface area contributed by atoms with Crippen molar-refractivity contribution in [1.29, 1.82) is 5.26 Å². The zero-order valence-corrected chi connectivity index (χ0v) is 24.7. The quantitative estimate of drug-likeness (QED) is 0.309. The molecule has 0 unspecified atom stereocenters. The largest absolute Gasteiger partial charge is 0.198 e. The Kier molecular flexibility index (Phi) is 10.8. The third kappa shape index (κ3) is 8.73. The number of hydrogen-bond acceptors (Lipinski definition) is 1. The first-order valence-electron chi connectivity index (χ1n) is 16.0. The summed E-state index contributed by atoms with van der Waals surface area (Å²) in [6.07, 6.45) is 26.5. The Hall–Kier alpha value is -1.55. The highest BCUT2D eigenvalue weighted by atomic mass is 14.3. The van der Waals surface area contributed by atoms with E-state index in [1.807, 2.05) is 0 Å². The van der Waals surface area contributed by atoms with Crippen molar-refractivity contribution in [1.82, 2.24) is 0 Å². The molecule has 0 spiro atoms. The van der Waals surface area contributed by atoms with Crippen LogP contribution in [0.4, 0.5) is 0 Å². The molecule has 0 bridgehead atoms. The Labute approximate surface area is 229 Å². The molecule has 0 N–H and O–H groups in total. The van der Waals surface area contributed by atoms with Crippen molar-refractivity contribution < 1.29 is 0 Å². The molecule has 3 saturated carbocycles. The summed E-state index contributed by atoms with van der Waals surface area (Å²) < 4.78 is 0. The average molecular weight is 502 g/mol. The molecule has 1 heteroatoms. The number of nitriles is 1. The molecule has 0 atom stereocenters. The van der Waals surface area contributed by atoms with Gasteiger partial charge in [-0.3, -0.25) is 0 Å². The zero-order chi connectivity index (χ0) is 26.2. The lowest BCUT2D eigenvalue weighted by molar-refractivity contribution is 0.164. The van der Waals surface area contributed by atoms with Gasteiger partial charge in [0.2, 0.25) is 0 Å². The molecule has 0 amide bonds. The van der Waals surface area contributed by atoms with Gasteiger partial charge in [-0.25, -0.2) is 0 Å². The van der Waals surface area contributed by atoms with Gasteiger partial charge < -0.3 is 0 Å². The minimum atomic E-state index is 0.545. The van der Waals surface area contributed by atoms with E-state index >= 15 is 0 Å². The molecule has 3 aliphatic carbocycles. The first kappa shape index (κ1) is 28.5. The normalized spacial score (nSPS) is 30.5. The molecule has 1 aromatic rings. The van der Waals surface area contributed by atoms with E-state index in [0.717, 1.165) is 35.5 Å². The van der Waals surface area contributed by atoms with Gasteiger partial charge in [-0.1, -0.05) is 75.1 Å². The molecule has 0 radical (unpaired) electrons. The highest BCUT2D eigenvalue weighted by Gasteiger charge is 2.29. The molecular formula is C36H55N. The molecule has 1 aromatic carbocycles. The minimum absolute atomic E-state index is 0.545. The maximum absolute atomic E-state index is 9.11. The lowest BCUT2D eigenvalue weighted by atomic mass is 9.70. The van der Waals surface area contributed by atoms with Gasteiger partial charge in [0.25, 0.3) is 0 Å². The van der Waals surface area contributed by atoms with Crippen molar-refractivity contribution >= 4 is 0 Å². The second kappa shape index (κ2) is 14.0. The number of aryl methyl sites for hydroxylation is 2. The summed E-state index contributed by atoms with van der Waals surface area (Å²) in [5, 5.41) is 9.11. The fourth-order valence-electron chi connectivity index (χ4n) is 8.31. The van der Waals surface area contributed by atoms with Crippen LogP contribution < -0.4 is 0 Å². The highest BCUT2D eigenvalue weighted by Crippen LogP contribution is 2.42. The van der Waals surface area contributed by atoms with E-state index in [0.29, 0.717) is 6.42 Å². The number of allylic oxidation sites excluding steroid dienone is 2. The third-order valence-electron chi connectivity index (χ3n) is 10.6. The molecule has 3 fully saturated rings. The molecule has 0 aromatic heterocycles. The van der Waals surface area contributed by atoms with Crippen LogP contribution >= 0.6 is 0 Å². The first-order chi connectivity index (χ1) is 17.9. The second-order valence-corrected chi connectivity index (χ2v) is 13.9. The monoisotopic (exact) mass is 501 g/mol. The van der Waals surface area contributed by atoms with Crippen molar-refractivity contribution in [2.24, 2.45) is 35.5 Å². The van der Waals surface area contributed by atoms with Crippen LogP contribution in [0.5, 0.6) is 0 Å². The van der Waals surface area contributed by atoms with Crippen molar-refractivity contribution in [3.05, 3.63) is 46.0 Å². The van der Waals surface area contributed by atoms with Crippen molar-refractivity contribution in [2.45, 2.75) is 137 Å². The third-order valence-corrected chi connectivity index (χ3v) is 10.6. The van der Waals surface area contributed by atoms with Gasteiger partial charge in [0.1, 0.15) is 0 Å². The van der Waals surface area contributed by atoms with E-state index in [4.69, 9.17) is 5.26 Å². The van der Waals surface area contributed by atoms with Crippen molar-refractivity contribution in [3.63, 3.8) is 0 Å². The minimum Gasteiger partial charge on any atom is -0.198 e. The number of rotatable bonds is 9. The Balaban J connectivity index is 1.11. The lowest BCUT2D eigenvalue weighted by Crippen LogP contribution is -2.23. The maximum Gasteiger partial charge on any atom is 0.0669 e. The average Bonchev–Trinajstić information content (AvgIpc) is 2.88.